The number of pyridine rings is 1. The van der Waals surface area contributed by atoms with Crippen LogP contribution in [0.15, 0.2) is 66.9 Å². The van der Waals surface area contributed by atoms with Gasteiger partial charge in [0.2, 0.25) is 0 Å². The van der Waals surface area contributed by atoms with Crippen LogP contribution < -0.4 is 10.6 Å². The number of methoxy groups -OCH3 is 1. The van der Waals surface area contributed by atoms with Gasteiger partial charge < -0.3 is 15.4 Å². The summed E-state index contributed by atoms with van der Waals surface area (Å²) in [7, 11) is 1.33. The topological polar surface area (TPSA) is 80.3 Å². The van der Waals surface area contributed by atoms with Gasteiger partial charge in [0.25, 0.3) is 5.91 Å². The molecule has 0 aliphatic heterocycles. The molecule has 0 spiro atoms. The minimum Gasteiger partial charge on any atom is -0.465 e. The highest BCUT2D eigenvalue weighted by Gasteiger charge is 2.07. The van der Waals surface area contributed by atoms with E-state index in [1.165, 1.54) is 25.4 Å². The normalized spacial score (nSPS) is 10.2. The molecule has 28 heavy (non-hydrogen) atoms. The number of anilines is 2. The van der Waals surface area contributed by atoms with E-state index in [1.54, 1.807) is 48.5 Å². The lowest BCUT2D eigenvalue weighted by Crippen LogP contribution is -2.22. The molecule has 3 aromatic rings. The lowest BCUT2D eigenvalue weighted by atomic mass is 10.2. The number of hydrogen-bond acceptors (Lipinski definition) is 5. The van der Waals surface area contributed by atoms with Crippen LogP contribution in [0.4, 0.5) is 15.9 Å². The Labute approximate surface area is 161 Å². The molecule has 3 rings (SSSR count). The Morgan fingerprint density at radius 1 is 0.964 bits per heavy atom. The van der Waals surface area contributed by atoms with Gasteiger partial charge in [0.05, 0.1) is 18.2 Å². The number of nitrogens with one attached hydrogen (secondary N) is 2. The SMILES string of the molecule is COC(=O)c1ccc(Nc2ccc(C(=O)NCc3ccc(F)cc3)cn2)cc1. The van der Waals surface area contributed by atoms with Crippen molar-refractivity contribution in [3.63, 3.8) is 0 Å². The molecule has 1 heterocycles. The zero-order chi connectivity index (χ0) is 19.9. The molecule has 6 nitrogen and oxygen atoms in total. The number of hydrogen-bond donors (Lipinski definition) is 2. The van der Waals surface area contributed by atoms with Gasteiger partial charge in [0.15, 0.2) is 0 Å². The Hall–Kier alpha value is -3.74. The van der Waals surface area contributed by atoms with Crippen LogP contribution in [0.1, 0.15) is 26.3 Å². The zero-order valence-corrected chi connectivity index (χ0v) is 15.1. The highest BCUT2D eigenvalue weighted by molar-refractivity contribution is 5.94. The van der Waals surface area contributed by atoms with Crippen molar-refractivity contribution in [1.82, 2.24) is 10.3 Å². The van der Waals surface area contributed by atoms with Gasteiger partial charge >= 0.3 is 5.97 Å². The van der Waals surface area contributed by atoms with Crippen molar-refractivity contribution in [2.75, 3.05) is 12.4 Å². The van der Waals surface area contributed by atoms with Crippen LogP contribution in [0.25, 0.3) is 0 Å². The molecule has 0 saturated heterocycles. The fourth-order valence-electron chi connectivity index (χ4n) is 2.44. The molecule has 0 bridgehead atoms. The number of ether oxygens (including phenoxy) is 1. The van der Waals surface area contributed by atoms with Crippen molar-refractivity contribution in [2.45, 2.75) is 6.54 Å². The third-order valence-electron chi connectivity index (χ3n) is 3.97. The lowest BCUT2D eigenvalue weighted by molar-refractivity contribution is 0.0600. The summed E-state index contributed by atoms with van der Waals surface area (Å²) in [5, 5.41) is 5.85. The van der Waals surface area contributed by atoms with Gasteiger partial charge in [-0.05, 0) is 54.1 Å². The maximum atomic E-state index is 12.9. The Bertz CT molecular complexity index is 956. The second-order valence-corrected chi connectivity index (χ2v) is 5.94. The molecular weight excluding hydrogens is 361 g/mol. The number of halogens is 1. The first-order chi connectivity index (χ1) is 13.5. The van der Waals surface area contributed by atoms with E-state index in [0.717, 1.165) is 11.3 Å². The maximum Gasteiger partial charge on any atom is 0.337 e. The molecular formula is C21H18FN3O3. The third kappa shape index (κ3) is 4.91. The predicted octanol–water partition coefficient (Wildman–Crippen LogP) is 3.68. The average Bonchev–Trinajstić information content (AvgIpc) is 2.73. The molecule has 2 N–H and O–H groups in total. The van der Waals surface area contributed by atoms with Crippen molar-refractivity contribution >= 4 is 23.4 Å². The molecule has 0 aliphatic carbocycles. The van der Waals surface area contributed by atoms with E-state index in [2.05, 4.69) is 20.4 Å². The van der Waals surface area contributed by atoms with E-state index in [1.807, 2.05) is 0 Å². The molecule has 1 aromatic heterocycles. The van der Waals surface area contributed by atoms with E-state index in [-0.39, 0.29) is 11.7 Å². The molecule has 142 valence electrons. The van der Waals surface area contributed by atoms with E-state index < -0.39 is 5.97 Å². The summed E-state index contributed by atoms with van der Waals surface area (Å²) in [5.41, 5.74) is 2.41. The number of rotatable bonds is 6. The van der Waals surface area contributed by atoms with Gasteiger partial charge in [-0.25, -0.2) is 14.2 Å². The summed E-state index contributed by atoms with van der Waals surface area (Å²) in [6.45, 7) is 0.297. The van der Waals surface area contributed by atoms with Gasteiger partial charge in [0, 0.05) is 18.4 Å². The highest BCUT2D eigenvalue weighted by Crippen LogP contribution is 2.16. The summed E-state index contributed by atoms with van der Waals surface area (Å²) in [6, 6.07) is 16.0. The van der Waals surface area contributed by atoms with Crippen molar-refractivity contribution < 1.29 is 18.7 Å². The Balaban J connectivity index is 1.57. The van der Waals surface area contributed by atoms with E-state index in [9.17, 15) is 14.0 Å². The molecule has 1 amide bonds. The van der Waals surface area contributed by atoms with Crippen LogP contribution in [0.2, 0.25) is 0 Å². The second-order valence-electron chi connectivity index (χ2n) is 5.94. The van der Waals surface area contributed by atoms with Gasteiger partial charge in [0.1, 0.15) is 11.6 Å². The Morgan fingerprint density at radius 3 is 2.25 bits per heavy atom. The molecule has 0 unspecified atom stereocenters. The zero-order valence-electron chi connectivity index (χ0n) is 15.1. The second kappa shape index (κ2) is 8.77. The summed E-state index contributed by atoms with van der Waals surface area (Å²) < 4.78 is 17.6. The van der Waals surface area contributed by atoms with Crippen LogP contribution in [0, 0.1) is 5.82 Å². The summed E-state index contributed by atoms with van der Waals surface area (Å²) in [5.74, 6) is -0.435. The third-order valence-corrected chi connectivity index (χ3v) is 3.97. The van der Waals surface area contributed by atoms with Crippen LogP contribution in [-0.2, 0) is 11.3 Å². The van der Waals surface area contributed by atoms with E-state index in [4.69, 9.17) is 0 Å². The number of esters is 1. The first-order valence-electron chi connectivity index (χ1n) is 8.49. The quantitative estimate of drug-likeness (QED) is 0.639. The van der Waals surface area contributed by atoms with Gasteiger partial charge in [-0.3, -0.25) is 4.79 Å². The lowest BCUT2D eigenvalue weighted by Gasteiger charge is -2.08. The number of benzene rings is 2. The van der Waals surface area contributed by atoms with Crippen LogP contribution >= 0.6 is 0 Å². The first kappa shape index (κ1) is 19.0. The first-order valence-corrected chi connectivity index (χ1v) is 8.49. The maximum absolute atomic E-state index is 12.9. The van der Waals surface area contributed by atoms with E-state index >= 15 is 0 Å². The standard InChI is InChI=1S/C21H18FN3O3/c1-28-21(27)15-4-9-18(10-5-15)25-19-11-6-16(13-23-19)20(26)24-12-14-2-7-17(22)8-3-14/h2-11,13H,12H2,1H3,(H,23,25)(H,24,26). The largest absolute Gasteiger partial charge is 0.465 e. The number of aromatic nitrogens is 1. The van der Waals surface area contributed by atoms with E-state index in [0.29, 0.717) is 23.5 Å². The van der Waals surface area contributed by atoms with Crippen LogP contribution in [-0.4, -0.2) is 24.0 Å². The highest BCUT2D eigenvalue weighted by atomic mass is 19.1. The fraction of sp³-hybridized carbons (Fsp3) is 0.0952. The van der Waals surface area contributed by atoms with Gasteiger partial charge in [-0.1, -0.05) is 12.1 Å². The number of carbonyl (C=O) groups excluding carboxylic acids is 2. The molecule has 0 saturated carbocycles. The van der Waals surface area contributed by atoms with Crippen molar-refractivity contribution in [3.8, 4) is 0 Å². The molecule has 0 radical (unpaired) electrons. The minimum atomic E-state index is -0.402. The van der Waals surface area contributed by atoms with Crippen LogP contribution in [0.3, 0.4) is 0 Å². The van der Waals surface area contributed by atoms with Crippen molar-refractivity contribution in [3.05, 3.63) is 89.4 Å². The summed E-state index contributed by atoms with van der Waals surface area (Å²) in [6.07, 6.45) is 1.46. The van der Waals surface area contributed by atoms with Crippen LogP contribution in [0.5, 0.6) is 0 Å². The minimum absolute atomic E-state index is 0.272. The molecule has 0 aliphatic rings. The fourth-order valence-corrected chi connectivity index (χ4v) is 2.44. The predicted molar refractivity (Wildman–Crippen MR) is 103 cm³/mol. The molecule has 2 aromatic carbocycles. The monoisotopic (exact) mass is 379 g/mol. The Kier molecular flexibility index (Phi) is 5.96. The van der Waals surface area contributed by atoms with Crippen molar-refractivity contribution in [1.29, 1.82) is 0 Å². The summed E-state index contributed by atoms with van der Waals surface area (Å²) >= 11 is 0. The number of carbonyl (C=O) groups is 2. The molecule has 0 atom stereocenters. The van der Waals surface area contributed by atoms with Gasteiger partial charge in [-0.15, -0.1) is 0 Å². The number of nitrogens with zero attached hydrogens (tertiary/aromatic N) is 1. The average molecular weight is 379 g/mol. The molecule has 0 fully saturated rings. The molecule has 7 heteroatoms. The van der Waals surface area contributed by atoms with Gasteiger partial charge in [-0.2, -0.15) is 0 Å². The number of amides is 1. The smallest absolute Gasteiger partial charge is 0.337 e. The summed E-state index contributed by atoms with van der Waals surface area (Å²) in [4.78, 5) is 27.9. The van der Waals surface area contributed by atoms with Crippen molar-refractivity contribution in [2.24, 2.45) is 0 Å². The Morgan fingerprint density at radius 2 is 1.64 bits per heavy atom.